The topological polar surface area (TPSA) is 39.5 Å². The van der Waals surface area contributed by atoms with Crippen LogP contribution in [0.1, 0.15) is 30.5 Å². The van der Waals surface area contributed by atoms with E-state index in [1.165, 1.54) is 37.2 Å². The van der Waals surface area contributed by atoms with Crippen molar-refractivity contribution in [2.45, 2.75) is 44.4 Å². The minimum Gasteiger partial charge on any atom is -0.347 e. The Bertz CT molecular complexity index is 473. The first-order chi connectivity index (χ1) is 9.83. The zero-order chi connectivity index (χ0) is 13.4. The number of rotatable bonds is 3. The molecule has 0 aromatic carbocycles. The molecule has 0 radical (unpaired) electrons. The van der Waals surface area contributed by atoms with Gasteiger partial charge < -0.3 is 14.4 Å². The van der Waals surface area contributed by atoms with Gasteiger partial charge in [0.15, 0.2) is 5.79 Å². The lowest BCUT2D eigenvalue weighted by Gasteiger charge is -2.30. The van der Waals surface area contributed by atoms with Crippen molar-refractivity contribution in [1.82, 2.24) is 14.7 Å². The van der Waals surface area contributed by atoms with Crippen molar-refractivity contribution in [2.75, 3.05) is 32.8 Å². The molecule has 0 unspecified atom stereocenters. The number of nitrogens with zero attached hydrogens (tertiary/aromatic N) is 3. The number of likely N-dealkylation sites (tertiary alicyclic amines) is 1. The van der Waals surface area contributed by atoms with Crippen molar-refractivity contribution in [3.63, 3.8) is 0 Å². The van der Waals surface area contributed by atoms with Gasteiger partial charge in [-0.05, 0) is 37.9 Å². The van der Waals surface area contributed by atoms with Crippen LogP contribution < -0.4 is 0 Å². The van der Waals surface area contributed by atoms with Gasteiger partial charge in [-0.25, -0.2) is 0 Å². The highest BCUT2D eigenvalue weighted by molar-refractivity contribution is 5.23. The van der Waals surface area contributed by atoms with Crippen LogP contribution in [0.3, 0.4) is 0 Å². The molecule has 2 saturated heterocycles. The lowest BCUT2D eigenvalue weighted by atomic mass is 9.92. The maximum absolute atomic E-state index is 5.82. The van der Waals surface area contributed by atoms with Crippen LogP contribution in [0.4, 0.5) is 0 Å². The fourth-order valence-electron chi connectivity index (χ4n) is 3.66. The molecule has 110 valence electrons. The Balaban J connectivity index is 1.42. The van der Waals surface area contributed by atoms with Crippen LogP contribution in [0.5, 0.6) is 0 Å². The maximum atomic E-state index is 5.82. The summed E-state index contributed by atoms with van der Waals surface area (Å²) in [6.45, 7) is 6.11. The molecule has 20 heavy (non-hydrogen) atoms. The van der Waals surface area contributed by atoms with Crippen molar-refractivity contribution in [1.29, 1.82) is 0 Å². The van der Waals surface area contributed by atoms with Crippen LogP contribution in [-0.4, -0.2) is 53.3 Å². The van der Waals surface area contributed by atoms with Crippen molar-refractivity contribution in [2.24, 2.45) is 0 Å². The van der Waals surface area contributed by atoms with Crippen LogP contribution >= 0.6 is 0 Å². The normalized spacial score (nSPS) is 25.4. The van der Waals surface area contributed by atoms with Crippen LogP contribution in [0.15, 0.2) is 6.20 Å². The Morgan fingerprint density at radius 3 is 2.75 bits per heavy atom. The molecule has 3 aliphatic rings. The maximum Gasteiger partial charge on any atom is 0.172 e. The SMILES string of the molecule is c1c2c(nn1CCN1CCCC1)CCC1(C2)OCCO1. The Labute approximate surface area is 119 Å². The van der Waals surface area contributed by atoms with Crippen molar-refractivity contribution in [3.05, 3.63) is 17.5 Å². The quantitative estimate of drug-likeness (QED) is 0.832. The number of hydrogen-bond donors (Lipinski definition) is 0. The average Bonchev–Trinajstić information content (AvgIpc) is 3.16. The van der Waals surface area contributed by atoms with Gasteiger partial charge in [-0.3, -0.25) is 4.68 Å². The first-order valence-electron chi connectivity index (χ1n) is 7.89. The molecule has 1 aliphatic carbocycles. The van der Waals surface area contributed by atoms with Crippen molar-refractivity contribution < 1.29 is 9.47 Å². The number of aryl methyl sites for hydroxylation is 1. The third-order valence-corrected chi connectivity index (χ3v) is 4.78. The lowest BCUT2D eigenvalue weighted by molar-refractivity contribution is -0.163. The summed E-state index contributed by atoms with van der Waals surface area (Å²) in [7, 11) is 0. The lowest BCUT2D eigenvalue weighted by Crippen LogP contribution is -2.36. The van der Waals surface area contributed by atoms with E-state index in [1.54, 1.807) is 0 Å². The number of aromatic nitrogens is 2. The molecule has 1 aromatic rings. The molecule has 2 fully saturated rings. The summed E-state index contributed by atoms with van der Waals surface area (Å²) in [4.78, 5) is 2.53. The Kier molecular flexibility index (Phi) is 3.28. The second-order valence-corrected chi connectivity index (χ2v) is 6.20. The smallest absolute Gasteiger partial charge is 0.172 e. The van der Waals surface area contributed by atoms with Crippen LogP contribution in [0.25, 0.3) is 0 Å². The summed E-state index contributed by atoms with van der Waals surface area (Å²) >= 11 is 0. The summed E-state index contributed by atoms with van der Waals surface area (Å²) in [6, 6.07) is 0. The van der Waals surface area contributed by atoms with Gasteiger partial charge in [0.1, 0.15) is 0 Å². The van der Waals surface area contributed by atoms with Gasteiger partial charge in [-0.1, -0.05) is 0 Å². The zero-order valence-corrected chi connectivity index (χ0v) is 12.0. The van der Waals surface area contributed by atoms with Gasteiger partial charge in [0.25, 0.3) is 0 Å². The Morgan fingerprint density at radius 2 is 1.95 bits per heavy atom. The first-order valence-corrected chi connectivity index (χ1v) is 7.89. The standard InChI is InChI=1S/C15H23N3O2/c1-2-6-17(5-1)7-8-18-12-13-11-15(19-9-10-20-15)4-3-14(13)16-18/h12H,1-11H2. The van der Waals surface area contributed by atoms with Crippen molar-refractivity contribution in [3.8, 4) is 0 Å². The van der Waals surface area contributed by atoms with E-state index >= 15 is 0 Å². The van der Waals surface area contributed by atoms with E-state index in [1.807, 2.05) is 0 Å². The number of ether oxygens (including phenoxy) is 2. The fourth-order valence-corrected chi connectivity index (χ4v) is 3.66. The molecule has 0 N–H and O–H groups in total. The van der Waals surface area contributed by atoms with Gasteiger partial charge in [0.05, 0.1) is 25.5 Å². The van der Waals surface area contributed by atoms with Crippen molar-refractivity contribution >= 4 is 0 Å². The highest BCUT2D eigenvalue weighted by Crippen LogP contribution is 2.34. The third kappa shape index (κ3) is 2.38. The molecule has 1 spiro atoms. The molecular formula is C15H23N3O2. The first kappa shape index (κ1) is 12.8. The molecule has 4 rings (SSSR count). The predicted octanol–water partition coefficient (Wildman–Crippen LogP) is 1.21. The highest BCUT2D eigenvalue weighted by atomic mass is 16.7. The molecular weight excluding hydrogens is 254 g/mol. The van der Waals surface area contributed by atoms with E-state index < -0.39 is 0 Å². The number of fused-ring (bicyclic) bond motifs is 1. The van der Waals surface area contributed by atoms with E-state index in [0.717, 1.165) is 45.6 Å². The molecule has 1 aromatic heterocycles. The molecule has 0 amide bonds. The third-order valence-electron chi connectivity index (χ3n) is 4.78. The predicted molar refractivity (Wildman–Crippen MR) is 74.6 cm³/mol. The summed E-state index contributed by atoms with van der Waals surface area (Å²) < 4.78 is 13.8. The molecule has 0 bridgehead atoms. The highest BCUT2D eigenvalue weighted by Gasteiger charge is 2.40. The van der Waals surface area contributed by atoms with Gasteiger partial charge in [-0.15, -0.1) is 0 Å². The average molecular weight is 277 g/mol. The van der Waals surface area contributed by atoms with Crippen LogP contribution in [0.2, 0.25) is 0 Å². The molecule has 5 nitrogen and oxygen atoms in total. The fraction of sp³-hybridized carbons (Fsp3) is 0.800. The van der Waals surface area contributed by atoms with Gasteiger partial charge in [0, 0.05) is 25.6 Å². The van der Waals surface area contributed by atoms with E-state index in [2.05, 4.69) is 15.8 Å². The Morgan fingerprint density at radius 1 is 1.15 bits per heavy atom. The van der Waals surface area contributed by atoms with E-state index in [9.17, 15) is 0 Å². The molecule has 0 atom stereocenters. The Hall–Kier alpha value is -0.910. The molecule has 2 aliphatic heterocycles. The largest absolute Gasteiger partial charge is 0.347 e. The molecule has 3 heterocycles. The molecule has 5 heteroatoms. The van der Waals surface area contributed by atoms with Gasteiger partial charge in [0.2, 0.25) is 0 Å². The number of hydrogen-bond acceptors (Lipinski definition) is 4. The van der Waals surface area contributed by atoms with Gasteiger partial charge >= 0.3 is 0 Å². The monoisotopic (exact) mass is 277 g/mol. The summed E-state index contributed by atoms with van der Waals surface area (Å²) in [5, 5.41) is 4.75. The van der Waals surface area contributed by atoms with E-state index in [-0.39, 0.29) is 5.79 Å². The summed E-state index contributed by atoms with van der Waals surface area (Å²) in [6.07, 6.45) is 7.71. The molecule has 0 saturated carbocycles. The second kappa shape index (κ2) is 5.13. The van der Waals surface area contributed by atoms with E-state index in [0.29, 0.717) is 0 Å². The minimum absolute atomic E-state index is 0.337. The van der Waals surface area contributed by atoms with E-state index in [4.69, 9.17) is 14.6 Å². The second-order valence-electron chi connectivity index (χ2n) is 6.20. The summed E-state index contributed by atoms with van der Waals surface area (Å²) in [5.41, 5.74) is 2.57. The summed E-state index contributed by atoms with van der Waals surface area (Å²) in [5.74, 6) is -0.337. The zero-order valence-electron chi connectivity index (χ0n) is 12.0. The minimum atomic E-state index is -0.337. The van der Waals surface area contributed by atoms with Crippen LogP contribution in [-0.2, 0) is 28.9 Å². The van der Waals surface area contributed by atoms with Crippen LogP contribution in [0, 0.1) is 0 Å². The van der Waals surface area contributed by atoms with Gasteiger partial charge in [-0.2, -0.15) is 5.10 Å².